The number of benzene rings is 1. The number of aromatic nitrogens is 4. The zero-order valence-corrected chi connectivity index (χ0v) is 20.7. The normalized spacial score (nSPS) is 20.8. The summed E-state index contributed by atoms with van der Waals surface area (Å²) in [6.07, 6.45) is -0.307. The maximum Gasteiger partial charge on any atom is 0.419 e. The van der Waals surface area contributed by atoms with Crippen LogP contribution in [0.4, 0.5) is 23.5 Å². The fraction of sp³-hybridized carbons (Fsp3) is 0.423. The zero-order valence-electron chi connectivity index (χ0n) is 20.7. The van der Waals surface area contributed by atoms with Crippen molar-refractivity contribution in [2.75, 3.05) is 18.4 Å². The lowest BCUT2D eigenvalue weighted by molar-refractivity contribution is -0.140. The summed E-state index contributed by atoms with van der Waals surface area (Å²) >= 11 is 0. The lowest BCUT2D eigenvalue weighted by Crippen LogP contribution is -2.32. The number of amides is 2. The van der Waals surface area contributed by atoms with Crippen molar-refractivity contribution in [2.24, 2.45) is 17.6 Å². The standard InChI is InChI=1S/C26H25F4N7O2/c27-18-4-3-14(9-17(18)26(28,29)30)23-34-19-10-15(22(31)38)11-20(19)37(23)21-5-7-32-25(35-21)33-16-6-8-36(12-16)24(39)13-1-2-13/h3-5,7,9,13,15-16H,1-2,6,8,10-12H2,(H2,31,38)(H,32,33,35)/t15?,16-/m1/s1. The molecule has 0 radical (unpaired) electrons. The van der Waals surface area contributed by atoms with E-state index in [0.717, 1.165) is 31.4 Å². The van der Waals surface area contributed by atoms with Crippen molar-refractivity contribution in [3.05, 3.63) is 53.2 Å². The van der Waals surface area contributed by atoms with Crippen molar-refractivity contribution in [3.8, 4) is 17.2 Å². The Labute approximate surface area is 220 Å². The van der Waals surface area contributed by atoms with Gasteiger partial charge in [0, 0.05) is 61.3 Å². The van der Waals surface area contributed by atoms with Gasteiger partial charge in [-0.3, -0.25) is 14.2 Å². The van der Waals surface area contributed by atoms with E-state index in [4.69, 9.17) is 5.73 Å². The molecule has 1 aromatic carbocycles. The van der Waals surface area contributed by atoms with Gasteiger partial charge in [-0.2, -0.15) is 18.2 Å². The summed E-state index contributed by atoms with van der Waals surface area (Å²) in [5.74, 6) is -1.33. The lowest BCUT2D eigenvalue weighted by Gasteiger charge is -2.17. The predicted molar refractivity (Wildman–Crippen MR) is 131 cm³/mol. The van der Waals surface area contributed by atoms with Gasteiger partial charge < -0.3 is 16.0 Å². The summed E-state index contributed by atoms with van der Waals surface area (Å²) in [7, 11) is 0. The molecule has 0 bridgehead atoms. The molecule has 1 saturated heterocycles. The van der Waals surface area contributed by atoms with Crippen LogP contribution in [0.25, 0.3) is 17.2 Å². The smallest absolute Gasteiger partial charge is 0.369 e. The van der Waals surface area contributed by atoms with Crippen LogP contribution in [0.2, 0.25) is 0 Å². The van der Waals surface area contributed by atoms with Gasteiger partial charge in [0.05, 0.1) is 11.3 Å². The second-order valence-corrected chi connectivity index (χ2v) is 10.3. The molecule has 2 aromatic heterocycles. The molecule has 204 valence electrons. The van der Waals surface area contributed by atoms with Crippen LogP contribution in [0.5, 0.6) is 0 Å². The number of rotatable bonds is 6. The first kappa shape index (κ1) is 25.3. The Kier molecular flexibility index (Phi) is 6.03. The topological polar surface area (TPSA) is 119 Å². The van der Waals surface area contributed by atoms with Crippen LogP contribution in [0.1, 0.15) is 36.2 Å². The van der Waals surface area contributed by atoms with Crippen LogP contribution < -0.4 is 11.1 Å². The van der Waals surface area contributed by atoms with E-state index in [2.05, 4.69) is 20.3 Å². The number of imidazole rings is 1. The zero-order chi connectivity index (χ0) is 27.5. The number of halogens is 4. The highest BCUT2D eigenvalue weighted by Crippen LogP contribution is 2.38. The number of primary amides is 1. The van der Waals surface area contributed by atoms with E-state index in [1.807, 2.05) is 4.90 Å². The Morgan fingerprint density at radius 1 is 1.05 bits per heavy atom. The highest BCUT2D eigenvalue weighted by molar-refractivity contribution is 5.81. The van der Waals surface area contributed by atoms with Crippen molar-refractivity contribution >= 4 is 17.8 Å². The average Bonchev–Trinajstić information content (AvgIpc) is 3.32. The van der Waals surface area contributed by atoms with E-state index in [-0.39, 0.29) is 48.0 Å². The molecule has 3 aromatic rings. The van der Waals surface area contributed by atoms with Gasteiger partial charge >= 0.3 is 6.18 Å². The van der Waals surface area contributed by atoms with Crippen LogP contribution >= 0.6 is 0 Å². The van der Waals surface area contributed by atoms with Gasteiger partial charge in [-0.15, -0.1) is 0 Å². The first-order chi connectivity index (χ1) is 18.6. The van der Waals surface area contributed by atoms with Gasteiger partial charge in [0.2, 0.25) is 17.8 Å². The molecule has 2 fully saturated rings. The second-order valence-electron chi connectivity index (χ2n) is 10.3. The number of alkyl halides is 3. The minimum absolute atomic E-state index is 0.0481. The Hall–Kier alpha value is -4.03. The molecule has 6 rings (SSSR count). The Morgan fingerprint density at radius 3 is 2.56 bits per heavy atom. The molecule has 3 aliphatic rings. The third kappa shape index (κ3) is 4.81. The Bertz CT molecular complexity index is 1470. The fourth-order valence-corrected chi connectivity index (χ4v) is 5.33. The summed E-state index contributed by atoms with van der Waals surface area (Å²) in [6.45, 7) is 1.18. The predicted octanol–water partition coefficient (Wildman–Crippen LogP) is 3.11. The molecule has 1 aliphatic heterocycles. The first-order valence-electron chi connectivity index (χ1n) is 12.7. The number of likely N-dealkylation sites (tertiary alicyclic amines) is 1. The molecular weight excluding hydrogens is 518 g/mol. The molecule has 1 unspecified atom stereocenters. The van der Waals surface area contributed by atoms with E-state index in [1.165, 1.54) is 12.3 Å². The van der Waals surface area contributed by atoms with E-state index < -0.39 is 29.4 Å². The van der Waals surface area contributed by atoms with Crippen molar-refractivity contribution in [1.82, 2.24) is 24.4 Å². The van der Waals surface area contributed by atoms with Gasteiger partial charge in [-0.25, -0.2) is 14.4 Å². The van der Waals surface area contributed by atoms with Crippen LogP contribution in [0.3, 0.4) is 0 Å². The van der Waals surface area contributed by atoms with Crippen LogP contribution in [-0.2, 0) is 28.6 Å². The molecule has 3 heterocycles. The minimum Gasteiger partial charge on any atom is -0.369 e. The maximum atomic E-state index is 14.0. The molecule has 3 N–H and O–H groups in total. The minimum atomic E-state index is -4.89. The van der Waals surface area contributed by atoms with Crippen molar-refractivity contribution in [2.45, 2.75) is 44.3 Å². The third-order valence-electron chi connectivity index (χ3n) is 7.50. The molecular formula is C26H25F4N7O2. The summed E-state index contributed by atoms with van der Waals surface area (Å²) in [4.78, 5) is 39.6. The van der Waals surface area contributed by atoms with Crippen molar-refractivity contribution < 1.29 is 27.2 Å². The fourth-order valence-electron chi connectivity index (χ4n) is 5.33. The summed E-state index contributed by atoms with van der Waals surface area (Å²) < 4.78 is 56.0. The molecule has 0 spiro atoms. The monoisotopic (exact) mass is 543 g/mol. The highest BCUT2D eigenvalue weighted by Gasteiger charge is 2.38. The Morgan fingerprint density at radius 2 is 1.85 bits per heavy atom. The van der Waals surface area contributed by atoms with Crippen LogP contribution in [0, 0.1) is 17.7 Å². The van der Waals surface area contributed by atoms with E-state index >= 15 is 0 Å². The van der Waals surface area contributed by atoms with Crippen LogP contribution in [0.15, 0.2) is 30.5 Å². The van der Waals surface area contributed by atoms with E-state index in [1.54, 1.807) is 10.6 Å². The molecule has 39 heavy (non-hydrogen) atoms. The molecule has 2 aliphatic carbocycles. The summed E-state index contributed by atoms with van der Waals surface area (Å²) in [6, 6.07) is 4.24. The van der Waals surface area contributed by atoms with Gasteiger partial charge in [0.15, 0.2) is 0 Å². The third-order valence-corrected chi connectivity index (χ3v) is 7.50. The number of nitrogens with two attached hydrogens (primary N) is 1. The lowest BCUT2D eigenvalue weighted by atomic mass is 10.1. The van der Waals surface area contributed by atoms with Gasteiger partial charge in [0.25, 0.3) is 0 Å². The molecule has 2 amide bonds. The van der Waals surface area contributed by atoms with Gasteiger partial charge in [-0.1, -0.05) is 0 Å². The molecule has 13 heteroatoms. The highest BCUT2D eigenvalue weighted by atomic mass is 19.4. The summed E-state index contributed by atoms with van der Waals surface area (Å²) in [5.41, 5.74) is 5.28. The van der Waals surface area contributed by atoms with Gasteiger partial charge in [-0.05, 0) is 43.5 Å². The first-order valence-corrected chi connectivity index (χ1v) is 12.7. The molecule has 2 atom stereocenters. The SMILES string of the molecule is NC(=O)C1Cc2nc(-c3ccc(F)c(C(F)(F)F)c3)n(-c3ccnc(N[C@@H]4CCN(C(=O)C5CC5)C4)n3)c2C1. The number of carbonyl (C=O) groups is 2. The average molecular weight is 544 g/mol. The summed E-state index contributed by atoms with van der Waals surface area (Å²) in [5, 5.41) is 3.26. The number of hydrogen-bond acceptors (Lipinski definition) is 6. The van der Waals surface area contributed by atoms with E-state index in [9.17, 15) is 27.2 Å². The van der Waals surface area contributed by atoms with Crippen molar-refractivity contribution in [1.29, 1.82) is 0 Å². The number of carbonyl (C=O) groups excluding carboxylic acids is 2. The number of nitrogens with zero attached hydrogens (tertiary/aromatic N) is 5. The molecule has 1 saturated carbocycles. The quantitative estimate of drug-likeness (QED) is 0.462. The van der Waals surface area contributed by atoms with E-state index in [0.29, 0.717) is 30.3 Å². The number of nitrogens with one attached hydrogen (secondary N) is 1. The largest absolute Gasteiger partial charge is 0.419 e. The molecule has 9 nitrogen and oxygen atoms in total. The maximum absolute atomic E-state index is 14.0. The number of anilines is 1. The van der Waals surface area contributed by atoms with Gasteiger partial charge in [0.1, 0.15) is 17.5 Å². The second kappa shape index (κ2) is 9.31. The Balaban J connectivity index is 1.35. The number of fused-ring (bicyclic) bond motifs is 1. The number of hydrogen-bond donors (Lipinski definition) is 2. The van der Waals surface area contributed by atoms with Crippen molar-refractivity contribution in [3.63, 3.8) is 0 Å². The van der Waals surface area contributed by atoms with Crippen LogP contribution in [-0.4, -0.2) is 55.4 Å².